The number of hydrogen-bond acceptors (Lipinski definition) is 4. The van der Waals surface area contributed by atoms with Crippen LogP contribution in [0, 0.1) is 11.3 Å². The maximum absolute atomic E-state index is 12.2. The van der Waals surface area contributed by atoms with Crippen LogP contribution in [-0.4, -0.2) is 19.1 Å². The van der Waals surface area contributed by atoms with Gasteiger partial charge in [0, 0.05) is 10.2 Å². The number of amides is 1. The van der Waals surface area contributed by atoms with E-state index >= 15 is 0 Å². The molecule has 0 aromatic heterocycles. The summed E-state index contributed by atoms with van der Waals surface area (Å²) < 4.78 is 12.3. The zero-order valence-electron chi connectivity index (χ0n) is 17.3. The molecule has 32 heavy (non-hydrogen) atoms. The molecule has 0 saturated heterocycles. The fourth-order valence-corrected chi connectivity index (χ4v) is 3.44. The van der Waals surface area contributed by atoms with Crippen LogP contribution in [0.2, 0.25) is 5.02 Å². The van der Waals surface area contributed by atoms with E-state index in [1.807, 2.05) is 49.4 Å². The summed E-state index contributed by atoms with van der Waals surface area (Å²) in [4.78, 5) is 12.2. The average molecular weight is 512 g/mol. The van der Waals surface area contributed by atoms with Crippen LogP contribution in [-0.2, 0) is 4.79 Å². The van der Waals surface area contributed by atoms with Crippen molar-refractivity contribution in [1.29, 1.82) is 5.26 Å². The lowest BCUT2D eigenvalue weighted by Crippen LogP contribution is -2.20. The molecule has 1 amide bonds. The van der Waals surface area contributed by atoms with Crippen LogP contribution < -0.4 is 14.8 Å². The Morgan fingerprint density at radius 1 is 1.12 bits per heavy atom. The van der Waals surface area contributed by atoms with Gasteiger partial charge in [-0.05, 0) is 60.5 Å². The number of benzene rings is 3. The van der Waals surface area contributed by atoms with E-state index in [9.17, 15) is 10.1 Å². The topological polar surface area (TPSA) is 71.3 Å². The fraction of sp³-hybridized carbons (Fsp3) is 0.120. The molecule has 0 heterocycles. The lowest BCUT2D eigenvalue weighted by atomic mass is 10.0. The summed E-state index contributed by atoms with van der Waals surface area (Å²) in [5, 5.41) is 12.6. The van der Waals surface area contributed by atoms with Gasteiger partial charge in [-0.2, -0.15) is 5.26 Å². The number of para-hydroxylation sites is 1. The van der Waals surface area contributed by atoms with Crippen LogP contribution in [0.1, 0.15) is 18.1 Å². The number of carbonyl (C=O) groups excluding carboxylic acids is 1. The van der Waals surface area contributed by atoms with Crippen LogP contribution in [0.5, 0.6) is 11.5 Å². The Hall–Kier alpha value is -3.27. The van der Waals surface area contributed by atoms with Gasteiger partial charge >= 0.3 is 0 Å². The van der Waals surface area contributed by atoms with Gasteiger partial charge in [0.05, 0.1) is 23.3 Å². The zero-order valence-corrected chi connectivity index (χ0v) is 19.6. The number of ether oxygens (including phenoxy) is 2. The highest BCUT2D eigenvalue weighted by Crippen LogP contribution is 2.37. The number of nitrogens with one attached hydrogen (secondary N) is 1. The monoisotopic (exact) mass is 510 g/mol. The quantitative estimate of drug-likeness (QED) is 0.274. The van der Waals surface area contributed by atoms with Crippen molar-refractivity contribution in [1.82, 2.24) is 0 Å². The first-order valence-corrected chi connectivity index (χ1v) is 11.0. The first kappa shape index (κ1) is 23.4. The molecule has 7 heteroatoms. The van der Waals surface area contributed by atoms with Gasteiger partial charge < -0.3 is 14.8 Å². The molecule has 3 rings (SSSR count). The molecule has 0 bridgehead atoms. The Morgan fingerprint density at radius 3 is 2.50 bits per heavy atom. The second-order valence-electron chi connectivity index (χ2n) is 6.64. The molecule has 0 saturated carbocycles. The number of anilines is 1. The van der Waals surface area contributed by atoms with Crippen molar-refractivity contribution >= 4 is 50.8 Å². The van der Waals surface area contributed by atoms with Crippen LogP contribution >= 0.6 is 27.5 Å². The second-order valence-corrected chi connectivity index (χ2v) is 7.97. The molecule has 0 aliphatic heterocycles. The summed E-state index contributed by atoms with van der Waals surface area (Å²) >= 11 is 9.84. The molecule has 0 unspecified atom stereocenters. The van der Waals surface area contributed by atoms with Crippen molar-refractivity contribution in [2.75, 3.05) is 18.5 Å². The molecule has 0 spiro atoms. The maximum atomic E-state index is 12.2. The number of halogens is 2. The highest BCUT2D eigenvalue weighted by molar-refractivity contribution is 9.10. The van der Waals surface area contributed by atoms with Gasteiger partial charge in [0.25, 0.3) is 5.91 Å². The summed E-state index contributed by atoms with van der Waals surface area (Å²) in [6.07, 6.45) is 1.73. The summed E-state index contributed by atoms with van der Waals surface area (Å²) in [6.45, 7) is 1.99. The van der Waals surface area contributed by atoms with E-state index < -0.39 is 0 Å². The third-order valence-corrected chi connectivity index (χ3v) is 5.13. The van der Waals surface area contributed by atoms with Crippen LogP contribution in [0.15, 0.2) is 71.2 Å². The fourth-order valence-electron chi connectivity index (χ4n) is 2.91. The van der Waals surface area contributed by atoms with Gasteiger partial charge in [-0.3, -0.25) is 4.79 Å². The lowest BCUT2D eigenvalue weighted by Gasteiger charge is -2.14. The van der Waals surface area contributed by atoms with Crippen molar-refractivity contribution in [3.8, 4) is 17.6 Å². The minimum atomic E-state index is -0.319. The number of carbonyl (C=O) groups is 1. The molecule has 1 N–H and O–H groups in total. The van der Waals surface area contributed by atoms with Crippen LogP contribution in [0.3, 0.4) is 0 Å². The largest absolute Gasteiger partial charge is 0.490 e. The van der Waals surface area contributed by atoms with Crippen molar-refractivity contribution in [2.24, 2.45) is 0 Å². The SMILES string of the molecule is CCOc1cc(/C=C(\C#N)c2ccc(Br)cc2)cc(Cl)c1OCC(=O)Nc1ccccc1. The van der Waals surface area contributed by atoms with E-state index in [2.05, 4.69) is 27.3 Å². The minimum absolute atomic E-state index is 0.230. The normalized spacial score (nSPS) is 10.9. The third-order valence-electron chi connectivity index (χ3n) is 4.32. The Balaban J connectivity index is 1.82. The molecule has 3 aromatic rings. The van der Waals surface area contributed by atoms with E-state index in [-0.39, 0.29) is 23.3 Å². The summed E-state index contributed by atoms with van der Waals surface area (Å²) in [7, 11) is 0. The van der Waals surface area contributed by atoms with Gasteiger partial charge in [-0.1, -0.05) is 57.9 Å². The number of rotatable bonds is 8. The molecule has 0 atom stereocenters. The average Bonchev–Trinajstić information content (AvgIpc) is 2.78. The summed E-state index contributed by atoms with van der Waals surface area (Å²) in [5.74, 6) is 0.351. The molecule has 0 radical (unpaired) electrons. The number of allylic oxidation sites excluding steroid dienone is 1. The van der Waals surface area contributed by atoms with Gasteiger partial charge in [0.1, 0.15) is 0 Å². The van der Waals surface area contributed by atoms with E-state index in [0.29, 0.717) is 29.2 Å². The van der Waals surface area contributed by atoms with Crippen molar-refractivity contribution in [3.05, 3.63) is 87.4 Å². The molecular formula is C25H20BrClN2O3. The van der Waals surface area contributed by atoms with Crippen LogP contribution in [0.25, 0.3) is 11.6 Å². The Morgan fingerprint density at radius 2 is 1.84 bits per heavy atom. The molecule has 0 fully saturated rings. The highest BCUT2D eigenvalue weighted by Gasteiger charge is 2.15. The number of hydrogen-bond donors (Lipinski definition) is 1. The molecule has 0 aliphatic rings. The zero-order chi connectivity index (χ0) is 22.9. The van der Waals surface area contributed by atoms with Gasteiger partial charge in [0.2, 0.25) is 0 Å². The first-order chi connectivity index (χ1) is 15.5. The van der Waals surface area contributed by atoms with Crippen molar-refractivity contribution in [3.63, 3.8) is 0 Å². The smallest absolute Gasteiger partial charge is 0.262 e. The molecule has 162 valence electrons. The standard InChI is InChI=1S/C25H20BrClN2O3/c1-2-31-23-14-17(12-19(15-28)18-8-10-20(26)11-9-18)13-22(27)25(23)32-16-24(30)29-21-6-4-3-5-7-21/h3-14H,2,16H2,1H3,(H,29,30)/b19-12+. The minimum Gasteiger partial charge on any atom is -0.490 e. The predicted molar refractivity (Wildman–Crippen MR) is 131 cm³/mol. The van der Waals surface area contributed by atoms with Gasteiger partial charge in [-0.15, -0.1) is 0 Å². The van der Waals surface area contributed by atoms with E-state index in [1.54, 1.807) is 30.3 Å². The Labute approximate surface area is 200 Å². The lowest BCUT2D eigenvalue weighted by molar-refractivity contribution is -0.118. The molecular weight excluding hydrogens is 492 g/mol. The third kappa shape index (κ3) is 6.36. The van der Waals surface area contributed by atoms with Gasteiger partial charge in [0.15, 0.2) is 18.1 Å². The summed E-state index contributed by atoms with van der Waals surface area (Å²) in [5.41, 5.74) is 2.61. The molecule has 5 nitrogen and oxygen atoms in total. The number of nitrogens with zero attached hydrogens (tertiary/aromatic N) is 1. The highest BCUT2D eigenvalue weighted by atomic mass is 79.9. The van der Waals surface area contributed by atoms with Crippen molar-refractivity contribution < 1.29 is 14.3 Å². The maximum Gasteiger partial charge on any atom is 0.262 e. The number of nitriles is 1. The van der Waals surface area contributed by atoms with Crippen LogP contribution in [0.4, 0.5) is 5.69 Å². The summed E-state index contributed by atoms with van der Waals surface area (Å²) in [6, 6.07) is 22.2. The molecule has 0 aliphatic carbocycles. The second kappa shape index (κ2) is 11.4. The van der Waals surface area contributed by atoms with E-state index in [1.165, 1.54) is 0 Å². The predicted octanol–water partition coefficient (Wildman–Crippen LogP) is 6.58. The Kier molecular flexibility index (Phi) is 8.32. The van der Waals surface area contributed by atoms with E-state index in [4.69, 9.17) is 21.1 Å². The van der Waals surface area contributed by atoms with Crippen molar-refractivity contribution in [2.45, 2.75) is 6.92 Å². The first-order valence-electron chi connectivity index (χ1n) is 9.82. The van der Waals surface area contributed by atoms with Gasteiger partial charge in [-0.25, -0.2) is 0 Å². The van der Waals surface area contributed by atoms with E-state index in [0.717, 1.165) is 10.0 Å². The Bertz CT molecular complexity index is 1160. The molecule has 3 aromatic carbocycles.